The van der Waals surface area contributed by atoms with Crippen LogP contribution < -0.4 is 0 Å². The number of rotatable bonds is 1. The topological polar surface area (TPSA) is 0 Å². The monoisotopic (exact) mass is 470 g/mol. The molecule has 0 aliphatic heterocycles. The fourth-order valence-electron chi connectivity index (χ4n) is 1.12. The molecule has 0 nitrogen and oxygen atoms in total. The van der Waals surface area contributed by atoms with Crippen molar-refractivity contribution in [1.29, 1.82) is 0 Å². The SMILES string of the molecule is [Au].[CH3-].[Pd+2].[c-]1ccccc1-c1[c-]cccc1. The van der Waals surface area contributed by atoms with Gasteiger partial charge in [-0.2, -0.15) is 48.5 Å². The summed E-state index contributed by atoms with van der Waals surface area (Å²) in [5, 5.41) is 0. The molecular weight excluding hydrogens is 460 g/mol. The van der Waals surface area contributed by atoms with E-state index in [9.17, 15) is 0 Å². The summed E-state index contributed by atoms with van der Waals surface area (Å²) in [7, 11) is 0. The molecule has 0 spiro atoms. The largest absolute Gasteiger partial charge is 2.00 e. The number of hydrogen-bond donors (Lipinski definition) is 0. The molecule has 85 valence electrons. The van der Waals surface area contributed by atoms with Gasteiger partial charge in [0, 0.05) is 22.4 Å². The molecule has 2 aromatic rings. The van der Waals surface area contributed by atoms with Gasteiger partial charge in [0.15, 0.2) is 0 Å². The zero-order valence-electron chi connectivity index (χ0n) is 8.24. The zero-order valence-corrected chi connectivity index (χ0v) is 12.0. The van der Waals surface area contributed by atoms with Crippen molar-refractivity contribution in [1.82, 2.24) is 0 Å². The molecule has 0 heterocycles. The predicted molar refractivity (Wildman–Crippen MR) is 56.0 cm³/mol. The smallest absolute Gasteiger partial charge is 0.358 e. The van der Waals surface area contributed by atoms with Gasteiger partial charge >= 0.3 is 20.4 Å². The predicted octanol–water partition coefficient (Wildman–Crippen LogP) is 3.40. The zero-order chi connectivity index (χ0) is 8.23. The molecule has 0 N–H and O–H groups in total. The van der Waals surface area contributed by atoms with Crippen molar-refractivity contribution in [2.75, 3.05) is 0 Å². The Balaban J connectivity index is 0. The van der Waals surface area contributed by atoms with Crippen molar-refractivity contribution in [2.45, 2.75) is 0 Å². The minimum Gasteiger partial charge on any atom is -0.358 e. The maximum atomic E-state index is 3.15. The standard InChI is InChI=1S/C12H8.CH3.Au.Pd/c1-3-7-11(8-4-1)12-9-5-2-6-10-12;;;/h1-7,9H;1H3;;/q-2;-1;;+2. The summed E-state index contributed by atoms with van der Waals surface area (Å²) in [5.74, 6) is 0. The van der Waals surface area contributed by atoms with Gasteiger partial charge in [-0.15, -0.1) is 12.1 Å². The van der Waals surface area contributed by atoms with Gasteiger partial charge in [0.2, 0.25) is 0 Å². The summed E-state index contributed by atoms with van der Waals surface area (Å²) in [4.78, 5) is 0. The first-order chi connectivity index (χ1) is 5.97. The van der Waals surface area contributed by atoms with Crippen LogP contribution in [0, 0.1) is 19.6 Å². The van der Waals surface area contributed by atoms with Crippen LogP contribution in [0.4, 0.5) is 0 Å². The first kappa shape index (κ1) is 17.2. The summed E-state index contributed by atoms with van der Waals surface area (Å²) >= 11 is 0. The summed E-state index contributed by atoms with van der Waals surface area (Å²) in [5.41, 5.74) is 2.19. The molecule has 0 bridgehead atoms. The van der Waals surface area contributed by atoms with Crippen molar-refractivity contribution in [3.8, 4) is 11.1 Å². The fraction of sp³-hybridized carbons (Fsp3) is 0. The third kappa shape index (κ3) is 4.93. The van der Waals surface area contributed by atoms with Crippen molar-refractivity contribution in [3.63, 3.8) is 0 Å². The van der Waals surface area contributed by atoms with Gasteiger partial charge in [-0.3, -0.25) is 0 Å². The third-order valence-electron chi connectivity index (χ3n) is 1.71. The second kappa shape index (κ2) is 9.10. The molecule has 1 radical (unpaired) electrons. The minimum absolute atomic E-state index is 0. The van der Waals surface area contributed by atoms with Crippen LogP contribution in [0.15, 0.2) is 48.5 Å². The van der Waals surface area contributed by atoms with Crippen LogP contribution in [0.3, 0.4) is 0 Å². The van der Waals surface area contributed by atoms with Crippen LogP contribution in [-0.2, 0) is 42.8 Å². The summed E-state index contributed by atoms with van der Waals surface area (Å²) in [6, 6.07) is 22.1. The Morgan fingerprint density at radius 3 is 1.40 bits per heavy atom. The first-order valence-corrected chi connectivity index (χ1v) is 3.90. The molecule has 15 heavy (non-hydrogen) atoms. The van der Waals surface area contributed by atoms with Crippen molar-refractivity contribution in [3.05, 3.63) is 68.1 Å². The normalized spacial score (nSPS) is 7.73. The number of benzene rings is 2. The van der Waals surface area contributed by atoms with Crippen molar-refractivity contribution < 1.29 is 42.8 Å². The quantitative estimate of drug-likeness (QED) is 0.443. The molecule has 0 unspecified atom stereocenters. The number of hydrogen-bond acceptors (Lipinski definition) is 0. The van der Waals surface area contributed by atoms with Crippen LogP contribution >= 0.6 is 0 Å². The molecule has 0 amide bonds. The van der Waals surface area contributed by atoms with E-state index in [4.69, 9.17) is 0 Å². The molecule has 0 aliphatic rings. The third-order valence-corrected chi connectivity index (χ3v) is 1.71. The molecule has 2 heteroatoms. The average molecular weight is 471 g/mol. The summed E-state index contributed by atoms with van der Waals surface area (Å²) in [6.45, 7) is 0. The van der Waals surface area contributed by atoms with Gasteiger partial charge in [-0.25, -0.2) is 11.1 Å². The van der Waals surface area contributed by atoms with Gasteiger partial charge < -0.3 is 7.43 Å². The van der Waals surface area contributed by atoms with Crippen LogP contribution in [0.25, 0.3) is 11.1 Å². The van der Waals surface area contributed by atoms with E-state index in [0.717, 1.165) is 11.1 Å². The van der Waals surface area contributed by atoms with E-state index in [1.165, 1.54) is 0 Å². The van der Waals surface area contributed by atoms with Crippen LogP contribution in [0.1, 0.15) is 0 Å². The Morgan fingerprint density at radius 2 is 1.13 bits per heavy atom. The molecule has 0 aliphatic carbocycles. The Labute approximate surface area is 121 Å². The Hall–Kier alpha value is -0.157. The Kier molecular flexibility index (Phi) is 10.5. The first-order valence-electron chi connectivity index (χ1n) is 3.90. The van der Waals surface area contributed by atoms with E-state index < -0.39 is 0 Å². The van der Waals surface area contributed by atoms with Gasteiger partial charge in [-0.05, 0) is 0 Å². The minimum atomic E-state index is 0. The van der Waals surface area contributed by atoms with Gasteiger partial charge in [-0.1, -0.05) is 0 Å². The molecule has 0 saturated carbocycles. The average Bonchev–Trinajstić information content (AvgIpc) is 2.21. The van der Waals surface area contributed by atoms with Gasteiger partial charge in [0.25, 0.3) is 0 Å². The fourth-order valence-corrected chi connectivity index (χ4v) is 1.12. The van der Waals surface area contributed by atoms with E-state index >= 15 is 0 Å². The van der Waals surface area contributed by atoms with E-state index in [1.54, 1.807) is 0 Å². The van der Waals surface area contributed by atoms with E-state index in [2.05, 4.69) is 12.1 Å². The second-order valence-corrected chi connectivity index (χ2v) is 2.55. The van der Waals surface area contributed by atoms with Crippen LogP contribution in [0.5, 0.6) is 0 Å². The maximum Gasteiger partial charge on any atom is 2.00 e. The Bertz CT molecular complexity index is 308. The van der Waals surface area contributed by atoms with Crippen LogP contribution in [0.2, 0.25) is 0 Å². The van der Waals surface area contributed by atoms with E-state index in [1.807, 2.05) is 48.5 Å². The molecule has 0 atom stereocenters. The second-order valence-electron chi connectivity index (χ2n) is 2.55. The van der Waals surface area contributed by atoms with Crippen molar-refractivity contribution >= 4 is 0 Å². The van der Waals surface area contributed by atoms with Crippen LogP contribution in [-0.4, -0.2) is 0 Å². The molecule has 0 saturated heterocycles. The van der Waals surface area contributed by atoms with Crippen molar-refractivity contribution in [2.24, 2.45) is 0 Å². The molecule has 2 aromatic carbocycles. The molecule has 0 fully saturated rings. The Morgan fingerprint density at radius 1 is 0.733 bits per heavy atom. The van der Waals surface area contributed by atoms with E-state index in [0.29, 0.717) is 0 Å². The summed E-state index contributed by atoms with van der Waals surface area (Å²) < 4.78 is 0. The molecule has 2 rings (SSSR count). The van der Waals surface area contributed by atoms with Gasteiger partial charge in [0.1, 0.15) is 0 Å². The van der Waals surface area contributed by atoms with E-state index in [-0.39, 0.29) is 50.2 Å². The molecule has 0 aromatic heterocycles. The summed E-state index contributed by atoms with van der Waals surface area (Å²) in [6.07, 6.45) is 0. The van der Waals surface area contributed by atoms with Gasteiger partial charge in [0.05, 0.1) is 0 Å². The maximum absolute atomic E-state index is 3.15. The molecular formula is C13H11AuPd-.